The molecule has 1 aliphatic heterocycles. The summed E-state index contributed by atoms with van der Waals surface area (Å²) in [5.41, 5.74) is 3.00. The Kier molecular flexibility index (Phi) is 7.20. The minimum Gasteiger partial charge on any atom is -0.366 e. The van der Waals surface area contributed by atoms with E-state index in [1.807, 2.05) is 35.4 Å². The van der Waals surface area contributed by atoms with Gasteiger partial charge in [0, 0.05) is 58.2 Å². The van der Waals surface area contributed by atoms with Crippen LogP contribution in [0.5, 0.6) is 0 Å². The first kappa shape index (κ1) is 24.9. The number of rotatable bonds is 7. The smallest absolute Gasteiger partial charge is 0.255 e. The molecule has 190 valence electrons. The van der Waals surface area contributed by atoms with Crippen molar-refractivity contribution in [1.82, 2.24) is 24.5 Å². The maximum absolute atomic E-state index is 12.5. The first-order valence-corrected chi connectivity index (χ1v) is 13.1. The van der Waals surface area contributed by atoms with E-state index in [9.17, 15) is 14.4 Å². The first-order valence-electron chi connectivity index (χ1n) is 11.9. The third kappa shape index (κ3) is 5.50. The lowest BCUT2D eigenvalue weighted by Crippen LogP contribution is -2.48. The summed E-state index contributed by atoms with van der Waals surface area (Å²) in [7, 11) is 0. The number of thiophene rings is 1. The highest BCUT2D eigenvalue weighted by atomic mass is 35.5. The van der Waals surface area contributed by atoms with Crippen LogP contribution in [0.3, 0.4) is 0 Å². The van der Waals surface area contributed by atoms with E-state index in [1.165, 1.54) is 17.4 Å². The lowest BCUT2D eigenvalue weighted by molar-refractivity contribution is -0.129. The molecule has 0 radical (unpaired) electrons. The van der Waals surface area contributed by atoms with Gasteiger partial charge in [0.25, 0.3) is 5.56 Å². The van der Waals surface area contributed by atoms with Gasteiger partial charge in [-0.2, -0.15) is 0 Å². The molecule has 4 aromatic rings. The summed E-state index contributed by atoms with van der Waals surface area (Å²) in [5.74, 6) is 0.0814. The fraction of sp³-hybridized carbons (Fsp3) is 0.269. The highest BCUT2D eigenvalue weighted by Gasteiger charge is 2.22. The molecule has 4 heterocycles. The zero-order valence-electron chi connectivity index (χ0n) is 20.2. The van der Waals surface area contributed by atoms with Crippen molar-refractivity contribution >= 4 is 40.3 Å². The lowest BCUT2D eigenvalue weighted by atomic mass is 10.1. The topological polar surface area (TPSA) is 93.3 Å². The number of nitrogens with zero attached hydrogens (tertiary/aromatic N) is 6. The summed E-state index contributed by atoms with van der Waals surface area (Å²) in [6.07, 6.45) is 4.33. The second-order valence-corrected chi connectivity index (χ2v) is 10.5. The van der Waals surface area contributed by atoms with E-state index in [2.05, 4.69) is 15.2 Å². The Morgan fingerprint density at radius 3 is 2.54 bits per heavy atom. The molecule has 0 unspecified atom stereocenters. The second-order valence-electron chi connectivity index (χ2n) is 8.76. The normalized spacial score (nSPS) is 13.7. The summed E-state index contributed by atoms with van der Waals surface area (Å²) < 4.78 is 3.88. The minimum atomic E-state index is -0.123. The van der Waals surface area contributed by atoms with Crippen molar-refractivity contribution in [3.8, 4) is 11.4 Å². The van der Waals surface area contributed by atoms with Gasteiger partial charge in [0.2, 0.25) is 5.91 Å². The monoisotopic (exact) mass is 536 g/mol. The Labute approximate surface area is 222 Å². The van der Waals surface area contributed by atoms with Crippen molar-refractivity contribution in [3.05, 3.63) is 86.2 Å². The number of pyridine rings is 1. The second kappa shape index (κ2) is 10.7. The number of aromatic nitrogens is 4. The Hall–Kier alpha value is -3.76. The Bertz CT molecular complexity index is 1500. The number of aryl methyl sites for hydroxylation is 1. The van der Waals surface area contributed by atoms with Crippen molar-refractivity contribution in [2.45, 2.75) is 19.8 Å². The molecule has 0 spiro atoms. The molecule has 0 N–H and O–H groups in total. The average Bonchev–Trinajstić information content (AvgIpc) is 3.56. The lowest BCUT2D eigenvalue weighted by Gasteiger charge is -2.36. The van der Waals surface area contributed by atoms with Gasteiger partial charge in [0.1, 0.15) is 0 Å². The van der Waals surface area contributed by atoms with Crippen molar-refractivity contribution in [1.29, 1.82) is 0 Å². The number of ketones is 1. The zero-order valence-corrected chi connectivity index (χ0v) is 21.8. The third-order valence-electron chi connectivity index (χ3n) is 6.37. The number of amides is 1. The van der Waals surface area contributed by atoms with Crippen molar-refractivity contribution in [3.63, 3.8) is 0 Å². The van der Waals surface area contributed by atoms with Gasteiger partial charge in [-0.1, -0.05) is 22.9 Å². The molecule has 37 heavy (non-hydrogen) atoms. The van der Waals surface area contributed by atoms with Crippen LogP contribution in [0, 0.1) is 0 Å². The predicted molar refractivity (Wildman–Crippen MR) is 143 cm³/mol. The number of halogens is 1. The summed E-state index contributed by atoms with van der Waals surface area (Å²) in [5, 5.41) is 8.63. The van der Waals surface area contributed by atoms with Gasteiger partial charge < -0.3 is 9.80 Å². The maximum atomic E-state index is 12.5. The van der Waals surface area contributed by atoms with Crippen LogP contribution in [0.25, 0.3) is 11.4 Å². The fourth-order valence-electron chi connectivity index (χ4n) is 4.37. The molecule has 0 aliphatic carbocycles. The molecule has 5 rings (SSSR count). The van der Waals surface area contributed by atoms with Gasteiger partial charge in [0.15, 0.2) is 5.78 Å². The standard InChI is InChI=1S/C26H25ClN6O3S/c1-18(34)30-12-14-31(15-13-30)22-16-20(32-11-3-2-4-26(32)36)6-7-21(22)33-17-19(28-29-33)5-8-23(35)24-9-10-25(27)37-24/h2-4,6-7,9-11,16-17H,5,8,12-15H2,1H3. The highest BCUT2D eigenvalue weighted by molar-refractivity contribution is 7.18. The fourth-order valence-corrected chi connectivity index (χ4v) is 5.38. The van der Waals surface area contributed by atoms with E-state index in [1.54, 1.807) is 40.6 Å². The molecular weight excluding hydrogens is 512 g/mol. The van der Waals surface area contributed by atoms with Gasteiger partial charge in [0.05, 0.1) is 38.2 Å². The molecule has 9 nitrogen and oxygen atoms in total. The summed E-state index contributed by atoms with van der Waals surface area (Å²) in [6, 6.07) is 14.3. The summed E-state index contributed by atoms with van der Waals surface area (Å²) >= 11 is 7.23. The van der Waals surface area contributed by atoms with Crippen LogP contribution >= 0.6 is 22.9 Å². The summed E-state index contributed by atoms with van der Waals surface area (Å²) in [6.45, 7) is 4.11. The number of carbonyl (C=O) groups is 2. The largest absolute Gasteiger partial charge is 0.366 e. The van der Waals surface area contributed by atoms with Gasteiger partial charge in [-0.15, -0.1) is 16.4 Å². The van der Waals surface area contributed by atoms with Gasteiger partial charge in [-0.05, 0) is 36.4 Å². The molecular formula is C26H25ClN6O3S. The summed E-state index contributed by atoms with van der Waals surface area (Å²) in [4.78, 5) is 41.4. The number of hydrogen-bond donors (Lipinski definition) is 0. The van der Waals surface area contributed by atoms with E-state index >= 15 is 0 Å². The molecule has 1 aliphatic rings. The number of hydrogen-bond acceptors (Lipinski definition) is 7. The average molecular weight is 537 g/mol. The van der Waals surface area contributed by atoms with E-state index in [-0.39, 0.29) is 17.2 Å². The highest BCUT2D eigenvalue weighted by Crippen LogP contribution is 2.28. The zero-order chi connectivity index (χ0) is 25.9. The van der Waals surface area contributed by atoms with Crippen LogP contribution in [0.15, 0.2) is 65.7 Å². The molecule has 1 amide bonds. The van der Waals surface area contributed by atoms with Crippen LogP contribution in [0.4, 0.5) is 5.69 Å². The molecule has 1 fully saturated rings. The van der Waals surface area contributed by atoms with E-state index < -0.39 is 0 Å². The van der Waals surface area contributed by atoms with Crippen LogP contribution in [-0.4, -0.2) is 62.3 Å². The van der Waals surface area contributed by atoms with Crippen molar-refractivity contribution < 1.29 is 9.59 Å². The number of anilines is 1. The Morgan fingerprint density at radius 1 is 1.03 bits per heavy atom. The Morgan fingerprint density at radius 2 is 1.84 bits per heavy atom. The maximum Gasteiger partial charge on any atom is 0.255 e. The predicted octanol–water partition coefficient (Wildman–Crippen LogP) is 3.62. The molecule has 11 heteroatoms. The minimum absolute atomic E-state index is 0.0214. The molecule has 3 aromatic heterocycles. The van der Waals surface area contributed by atoms with Crippen LogP contribution < -0.4 is 10.5 Å². The van der Waals surface area contributed by atoms with Crippen LogP contribution in [-0.2, 0) is 11.2 Å². The van der Waals surface area contributed by atoms with Gasteiger partial charge in [-0.25, -0.2) is 4.68 Å². The SMILES string of the molecule is CC(=O)N1CCN(c2cc(-n3ccccc3=O)ccc2-n2cc(CCC(=O)c3ccc(Cl)s3)nn2)CC1. The number of benzene rings is 1. The van der Waals surface area contributed by atoms with Gasteiger partial charge in [-0.3, -0.25) is 19.0 Å². The Balaban J connectivity index is 1.42. The molecule has 0 bridgehead atoms. The molecule has 0 saturated carbocycles. The van der Waals surface area contributed by atoms with Crippen molar-refractivity contribution in [2.75, 3.05) is 31.1 Å². The van der Waals surface area contributed by atoms with Crippen molar-refractivity contribution in [2.24, 2.45) is 0 Å². The quantitative estimate of drug-likeness (QED) is 0.335. The van der Waals surface area contributed by atoms with E-state index in [0.717, 1.165) is 17.1 Å². The van der Waals surface area contributed by atoms with Gasteiger partial charge >= 0.3 is 0 Å². The number of carbonyl (C=O) groups excluding carboxylic acids is 2. The molecule has 1 saturated heterocycles. The number of piperazine rings is 1. The third-order valence-corrected chi connectivity index (χ3v) is 7.64. The van der Waals surface area contributed by atoms with Crippen LogP contribution in [0.2, 0.25) is 4.34 Å². The molecule has 0 atom stereocenters. The molecule has 1 aromatic carbocycles. The van der Waals surface area contributed by atoms with E-state index in [0.29, 0.717) is 53.9 Å². The first-order chi connectivity index (χ1) is 17.9. The van der Waals surface area contributed by atoms with Crippen LogP contribution in [0.1, 0.15) is 28.7 Å². The number of Topliss-reactive ketones (excluding diaryl/α,β-unsaturated/α-hetero) is 1. The van der Waals surface area contributed by atoms with E-state index in [4.69, 9.17) is 11.6 Å².